The highest BCUT2D eigenvalue weighted by atomic mass is 16.6. The van der Waals surface area contributed by atoms with Crippen molar-refractivity contribution in [3.05, 3.63) is 195 Å². The number of rotatable bonds is 43. The second kappa shape index (κ2) is 39.8. The average molecular weight is 1670 g/mol. The Morgan fingerprint density at radius 3 is 1.99 bits per heavy atom. The van der Waals surface area contributed by atoms with Gasteiger partial charge < -0.3 is 82.8 Å². The molecule has 12 rings (SSSR count). The van der Waals surface area contributed by atoms with E-state index in [1.807, 2.05) is 32.0 Å². The minimum Gasteiger partial charge on any atom is -0.508 e. The predicted molar refractivity (Wildman–Crippen MR) is 441 cm³/mol. The first-order valence-corrected chi connectivity index (χ1v) is 41.2. The molecule has 8 aromatic rings. The van der Waals surface area contributed by atoms with Crippen LogP contribution in [-0.4, -0.2) is 188 Å². The number of nitrogens with two attached hydrogens (primary N) is 1. The number of hydrogen-bond donors (Lipinski definition) is 15. The number of esters is 1. The number of carboxylic acid groups (broad SMARTS) is 1. The smallest absolute Gasteiger partial charge is 0.340 e. The van der Waals surface area contributed by atoms with E-state index in [0.29, 0.717) is 63.0 Å². The number of amides is 6. The molecule has 0 radical (unpaired) electrons. The van der Waals surface area contributed by atoms with Crippen LogP contribution in [-0.2, 0) is 102 Å². The number of para-hydroxylation sites is 1. The number of aliphatic hydroxyl groups excluding tert-OH is 1. The van der Waals surface area contributed by atoms with Gasteiger partial charge in [0.1, 0.15) is 22.9 Å². The molecule has 5 aromatic carbocycles. The van der Waals surface area contributed by atoms with Crippen molar-refractivity contribution >= 4 is 93.2 Å². The molecule has 0 unspecified atom stereocenters. The molecular weight excluding hydrogens is 1570 g/mol. The molecule has 6 amide bonds. The number of carbonyl (C=O) groups is 13. The van der Waals surface area contributed by atoms with Crippen molar-refractivity contribution in [1.82, 2.24) is 61.8 Å². The van der Waals surface area contributed by atoms with Gasteiger partial charge in [-0.05, 0) is 165 Å². The van der Waals surface area contributed by atoms with Gasteiger partial charge in [-0.25, -0.2) is 4.79 Å². The zero-order valence-electron chi connectivity index (χ0n) is 67.8. The molecule has 122 heavy (non-hydrogen) atoms. The summed E-state index contributed by atoms with van der Waals surface area (Å²) < 4.78 is 7.73. The van der Waals surface area contributed by atoms with Crippen LogP contribution >= 0.6 is 0 Å². The molecule has 1 spiro atoms. The zero-order chi connectivity index (χ0) is 87.1. The lowest BCUT2D eigenvalue weighted by molar-refractivity contribution is -0.144. The molecule has 642 valence electrons. The summed E-state index contributed by atoms with van der Waals surface area (Å²) in [6, 6.07) is 22.9. The highest BCUT2D eigenvalue weighted by Gasteiger charge is 2.53. The van der Waals surface area contributed by atoms with Crippen LogP contribution in [0, 0.1) is 35.0 Å². The lowest BCUT2D eigenvalue weighted by Gasteiger charge is -2.37. The number of aliphatic hydroxyl groups is 1. The van der Waals surface area contributed by atoms with Gasteiger partial charge in [0.2, 0.25) is 29.5 Å². The molecule has 16 N–H and O–H groups in total. The fourth-order valence-electron chi connectivity index (χ4n) is 17.0. The van der Waals surface area contributed by atoms with E-state index in [1.54, 1.807) is 73.3 Å². The van der Waals surface area contributed by atoms with Crippen LogP contribution in [0.15, 0.2) is 134 Å². The number of Topliss-reactive ketones (excluding diaryl/α,β-unsaturated/α-hetero) is 5. The standard InChI is InChI=1S/C89H102N14O19/c1-49(2)32-71(78(111)41-54(8-5-28-93-88(90)91)86(120)103-31-7-12-74(103)75(108)24-26-81(114)115)97-83(117)52(9-6-30-102-47-60(100-101-102)46-95-82(116)53-15-20-68-65(38-53)87(121)122-89(68)66-21-18-62(106)36-55(66)35-56-37-63(107)19-22-67(56)89)40-77(110)72(34-50-13-16-61(105)17-14-50)98-85(119)59(48-104)43-79(112)73(39-58-45-94-69-11-4-3-10-64(58)69)99-84(118)57(33-51-27-29-92-44-51)42-76(109)70-23-25-80(113)96-70/h3-4,10-11,13-22,27,29,36-38,44-45,47,49,52,54,57,59,70-74,92,94,104-107H,5-9,12,23-26,28,30-35,39-43,46,48H2,1-2H3,(H,95,116)(H,96,113)(H,97,117)(H,98,119)(H,99,118)(H,114,115)(H4,90,91,93)/t52-,54-,57-,59+,70+,71+,72+,73+,74+/m1/s1. The molecule has 1 aliphatic carbocycles. The molecule has 3 aliphatic heterocycles. The van der Waals surface area contributed by atoms with E-state index in [0.717, 1.165) is 10.9 Å². The van der Waals surface area contributed by atoms with Crippen molar-refractivity contribution in [2.45, 2.75) is 185 Å². The summed E-state index contributed by atoms with van der Waals surface area (Å²) in [7, 11) is 0. The summed E-state index contributed by atoms with van der Waals surface area (Å²) in [5, 5.41) is 85.6. The zero-order valence-corrected chi connectivity index (χ0v) is 67.8. The number of aromatic amines is 2. The van der Waals surface area contributed by atoms with Gasteiger partial charge in [0.15, 0.2) is 40.5 Å². The maximum Gasteiger partial charge on any atom is 0.340 e. The van der Waals surface area contributed by atoms with Gasteiger partial charge in [-0.2, -0.15) is 0 Å². The monoisotopic (exact) mass is 1670 g/mol. The number of aromatic nitrogens is 5. The number of fused-ring (bicyclic) bond motifs is 7. The molecule has 3 aromatic heterocycles. The number of likely N-dealkylation sites (tertiary alicyclic amines) is 1. The second-order valence-electron chi connectivity index (χ2n) is 32.5. The number of aryl methyl sites for hydroxylation is 1. The number of benzene rings is 5. The first-order chi connectivity index (χ1) is 58.5. The molecule has 6 heterocycles. The van der Waals surface area contributed by atoms with Gasteiger partial charge in [-0.15, -0.1) is 5.10 Å². The molecule has 33 nitrogen and oxygen atoms in total. The summed E-state index contributed by atoms with van der Waals surface area (Å²) in [6.07, 6.45) is 5.23. The molecular formula is C89H102N14O19. The summed E-state index contributed by atoms with van der Waals surface area (Å²) in [4.78, 5) is 192. The van der Waals surface area contributed by atoms with E-state index in [-0.39, 0.29) is 162 Å². The minimum atomic E-state index is -1.57. The van der Waals surface area contributed by atoms with Crippen molar-refractivity contribution < 1.29 is 92.6 Å². The Bertz CT molecular complexity index is 5220. The normalized spacial score (nSPS) is 16.7. The molecule has 2 fully saturated rings. The highest BCUT2D eigenvalue weighted by molar-refractivity contribution is 6.03. The first-order valence-electron chi connectivity index (χ1n) is 41.2. The number of nitrogens with one attached hydrogen (secondary N) is 9. The van der Waals surface area contributed by atoms with Gasteiger partial charge in [0.25, 0.3) is 5.91 Å². The third kappa shape index (κ3) is 21.7. The predicted octanol–water partition coefficient (Wildman–Crippen LogP) is 5.77. The molecule has 0 bridgehead atoms. The first kappa shape index (κ1) is 88.1. The quantitative estimate of drug-likeness (QED) is 0.00933. The summed E-state index contributed by atoms with van der Waals surface area (Å²) in [6.45, 7) is 2.89. The van der Waals surface area contributed by atoms with E-state index >= 15 is 19.2 Å². The number of phenols is 3. The minimum absolute atomic E-state index is 0.00289. The van der Waals surface area contributed by atoms with E-state index in [1.165, 1.54) is 52.0 Å². The maximum atomic E-state index is 15.5. The van der Waals surface area contributed by atoms with Crippen molar-refractivity contribution in [2.75, 3.05) is 19.7 Å². The highest BCUT2D eigenvalue weighted by Crippen LogP contribution is 2.53. The van der Waals surface area contributed by atoms with Crippen LogP contribution in [0.3, 0.4) is 0 Å². The molecule has 2 saturated heterocycles. The third-order valence-corrected chi connectivity index (χ3v) is 23.2. The van der Waals surface area contributed by atoms with Crippen LogP contribution in [0.1, 0.15) is 181 Å². The Labute approximate surface area is 702 Å². The Morgan fingerprint density at radius 1 is 0.672 bits per heavy atom. The van der Waals surface area contributed by atoms with Crippen LogP contribution in [0.2, 0.25) is 0 Å². The van der Waals surface area contributed by atoms with E-state index in [4.69, 9.17) is 15.9 Å². The Kier molecular flexibility index (Phi) is 28.7. The Balaban J connectivity index is 0.787. The van der Waals surface area contributed by atoms with E-state index < -0.39 is 156 Å². The number of phenolic OH excluding ortho intramolecular Hbond substituents is 3. The number of carboxylic acids is 1. The number of ether oxygens (including phenoxy) is 1. The average Bonchev–Trinajstić information content (AvgIpc) is 1.49. The number of carbonyl (C=O) groups excluding carboxylic acids is 12. The number of nitrogens with zero attached hydrogens (tertiary/aromatic N) is 4. The van der Waals surface area contributed by atoms with E-state index in [9.17, 15) is 68.7 Å². The molecule has 4 aliphatic rings. The van der Waals surface area contributed by atoms with Crippen LogP contribution in [0.5, 0.6) is 17.2 Å². The third-order valence-electron chi connectivity index (χ3n) is 23.2. The van der Waals surface area contributed by atoms with Crippen molar-refractivity contribution in [2.24, 2.45) is 35.3 Å². The number of aliphatic carboxylic acids is 1. The summed E-state index contributed by atoms with van der Waals surface area (Å²) in [5.74, 6) is -14.2. The van der Waals surface area contributed by atoms with Gasteiger partial charge >= 0.3 is 11.9 Å². The SMILES string of the molecule is CC(C)C[C@H](NC(=O)[C@H](CCCn1cc(CNC(=O)c2ccc3c(c2)C(=O)OC32c3ccc(O)cc3Cc3cc(O)ccc32)nn1)CC(=O)[C@H](Cc1ccc(O)cc1)NC(=O)[C@H](CO)CC(=O)[C@H](Cc1c[nH]c2ccccc12)NC(=O)[C@@H](CC(=O)[C@@H]1CCC(=O)N1)Cc1cc[nH]c1)C(=O)C[C@@H](CCCNC(=N)N)C(=O)N1CCC[C@H]1C(=O)CCC(=O)O. The molecule has 33 heteroatoms. The van der Waals surface area contributed by atoms with Gasteiger partial charge in [-0.1, -0.05) is 67.6 Å². The van der Waals surface area contributed by atoms with Crippen LogP contribution < -0.4 is 37.6 Å². The fourth-order valence-corrected chi connectivity index (χ4v) is 17.0. The van der Waals surface area contributed by atoms with Crippen LogP contribution in [0.25, 0.3) is 10.9 Å². The second-order valence-corrected chi connectivity index (χ2v) is 32.5. The van der Waals surface area contributed by atoms with Gasteiger partial charge in [-0.3, -0.25) is 67.6 Å². The van der Waals surface area contributed by atoms with Gasteiger partial charge in [0, 0.05) is 134 Å². The summed E-state index contributed by atoms with van der Waals surface area (Å²) in [5.41, 5.74) is 10.1. The van der Waals surface area contributed by atoms with Crippen molar-refractivity contribution in [1.29, 1.82) is 5.41 Å². The number of aromatic hydroxyl groups is 3. The fraction of sp³-hybridized carbons (Fsp3) is 0.416. The van der Waals surface area contributed by atoms with Crippen molar-refractivity contribution in [3.8, 4) is 17.2 Å². The number of ketones is 5. The number of H-pyrrole nitrogens is 2. The van der Waals surface area contributed by atoms with Crippen LogP contribution in [0.4, 0.5) is 0 Å². The number of hydrogen-bond acceptors (Lipinski definition) is 21. The van der Waals surface area contributed by atoms with Gasteiger partial charge in [0.05, 0.1) is 67.5 Å². The largest absolute Gasteiger partial charge is 0.508 e. The maximum absolute atomic E-state index is 15.5. The van der Waals surface area contributed by atoms with E-state index in [2.05, 4.69) is 52.2 Å². The molecule has 9 atom stereocenters. The topological polar surface area (TPSA) is 520 Å². The lowest BCUT2D eigenvalue weighted by atomic mass is 9.71. The summed E-state index contributed by atoms with van der Waals surface area (Å²) >= 11 is 0. The number of guanidine groups is 1. The Morgan fingerprint density at radius 2 is 1.32 bits per heavy atom. The molecule has 0 saturated carbocycles. The lowest BCUT2D eigenvalue weighted by Crippen LogP contribution is -2.50. The van der Waals surface area contributed by atoms with Crippen molar-refractivity contribution in [3.63, 3.8) is 0 Å². The Hall–Kier alpha value is -13.2.